The summed E-state index contributed by atoms with van der Waals surface area (Å²) in [5.41, 5.74) is 2.09. The number of piperidine rings is 1. The summed E-state index contributed by atoms with van der Waals surface area (Å²) >= 11 is 0. The van der Waals surface area contributed by atoms with Gasteiger partial charge in [-0.2, -0.15) is 0 Å². The molecule has 2 rings (SSSR count). The minimum Gasteiger partial charge on any atom is -0.392 e. The average Bonchev–Trinajstić information content (AvgIpc) is 2.30. The lowest BCUT2D eigenvalue weighted by atomic mass is 10.1. The molecule has 1 fully saturated rings. The van der Waals surface area contributed by atoms with Crippen molar-refractivity contribution >= 4 is 5.69 Å². The second-order valence-corrected chi connectivity index (χ2v) is 3.71. The Kier molecular flexibility index (Phi) is 2.99. The number of hydrogen-bond donors (Lipinski definition) is 1. The Morgan fingerprint density at radius 3 is 2.79 bits per heavy atom. The van der Waals surface area contributed by atoms with Crippen LogP contribution in [0.3, 0.4) is 0 Å². The molecule has 2 heterocycles. The van der Waals surface area contributed by atoms with Crippen LogP contribution in [0.15, 0.2) is 18.5 Å². The summed E-state index contributed by atoms with van der Waals surface area (Å²) in [5.74, 6) is 0. The van der Waals surface area contributed by atoms with Gasteiger partial charge < -0.3 is 10.0 Å². The third kappa shape index (κ3) is 1.87. The summed E-state index contributed by atoms with van der Waals surface area (Å²) in [6.45, 7) is 2.30. The van der Waals surface area contributed by atoms with Gasteiger partial charge >= 0.3 is 0 Å². The fourth-order valence-electron chi connectivity index (χ4n) is 1.97. The highest BCUT2D eigenvalue weighted by atomic mass is 16.3. The van der Waals surface area contributed by atoms with E-state index in [0.717, 1.165) is 24.3 Å². The molecule has 1 N–H and O–H groups in total. The zero-order valence-electron chi connectivity index (χ0n) is 8.32. The number of rotatable bonds is 2. The van der Waals surface area contributed by atoms with Crippen molar-refractivity contribution in [2.24, 2.45) is 0 Å². The fourth-order valence-corrected chi connectivity index (χ4v) is 1.97. The second kappa shape index (κ2) is 4.42. The largest absolute Gasteiger partial charge is 0.392 e. The first-order valence-electron chi connectivity index (χ1n) is 5.20. The van der Waals surface area contributed by atoms with E-state index in [1.165, 1.54) is 19.3 Å². The predicted octanol–water partition coefficient (Wildman–Crippen LogP) is 1.56. The van der Waals surface area contributed by atoms with Crippen molar-refractivity contribution in [3.63, 3.8) is 0 Å². The van der Waals surface area contributed by atoms with Gasteiger partial charge in [-0.3, -0.25) is 4.98 Å². The van der Waals surface area contributed by atoms with Crippen LogP contribution in [0.2, 0.25) is 0 Å². The van der Waals surface area contributed by atoms with Crippen LogP contribution >= 0.6 is 0 Å². The molecule has 76 valence electrons. The molecule has 0 radical (unpaired) electrons. The Morgan fingerprint density at radius 2 is 2.07 bits per heavy atom. The fraction of sp³-hybridized carbons (Fsp3) is 0.545. The molecule has 0 saturated carbocycles. The third-order valence-electron chi connectivity index (χ3n) is 2.75. The number of aliphatic hydroxyl groups excluding tert-OH is 1. The van der Waals surface area contributed by atoms with E-state index in [1.54, 1.807) is 6.20 Å². The molecule has 1 aliphatic rings. The Hall–Kier alpha value is -1.09. The molecule has 3 nitrogen and oxygen atoms in total. The first-order valence-corrected chi connectivity index (χ1v) is 5.20. The van der Waals surface area contributed by atoms with Crippen molar-refractivity contribution in [1.29, 1.82) is 0 Å². The maximum Gasteiger partial charge on any atom is 0.0703 e. The number of pyridine rings is 1. The van der Waals surface area contributed by atoms with Crippen LogP contribution < -0.4 is 4.90 Å². The number of anilines is 1. The molecule has 14 heavy (non-hydrogen) atoms. The lowest BCUT2D eigenvalue weighted by Gasteiger charge is -2.29. The monoisotopic (exact) mass is 192 g/mol. The van der Waals surface area contributed by atoms with Gasteiger partial charge in [0.25, 0.3) is 0 Å². The zero-order valence-corrected chi connectivity index (χ0v) is 8.32. The molecule has 1 aromatic heterocycles. The highest BCUT2D eigenvalue weighted by molar-refractivity contribution is 5.51. The second-order valence-electron chi connectivity index (χ2n) is 3.71. The van der Waals surface area contributed by atoms with Crippen molar-refractivity contribution < 1.29 is 5.11 Å². The molecule has 0 spiro atoms. The van der Waals surface area contributed by atoms with E-state index in [-0.39, 0.29) is 6.61 Å². The van der Waals surface area contributed by atoms with E-state index in [4.69, 9.17) is 0 Å². The summed E-state index contributed by atoms with van der Waals surface area (Å²) in [6, 6.07) is 1.89. The predicted molar refractivity (Wildman–Crippen MR) is 56.2 cm³/mol. The Morgan fingerprint density at radius 1 is 1.29 bits per heavy atom. The highest BCUT2D eigenvalue weighted by Crippen LogP contribution is 2.22. The van der Waals surface area contributed by atoms with Crippen molar-refractivity contribution in [3.8, 4) is 0 Å². The molecule has 1 aromatic rings. The maximum atomic E-state index is 9.19. The first kappa shape index (κ1) is 9.46. The molecule has 0 atom stereocenters. The SMILES string of the molecule is OCc1ccncc1N1CCCCC1. The highest BCUT2D eigenvalue weighted by Gasteiger charge is 2.13. The van der Waals surface area contributed by atoms with Crippen LogP contribution in [0.25, 0.3) is 0 Å². The van der Waals surface area contributed by atoms with E-state index in [1.807, 2.05) is 12.3 Å². The minimum absolute atomic E-state index is 0.106. The molecule has 0 unspecified atom stereocenters. The van der Waals surface area contributed by atoms with Gasteiger partial charge in [-0.05, 0) is 25.3 Å². The standard InChI is InChI=1S/C11H16N2O/c14-9-10-4-5-12-8-11(10)13-6-2-1-3-7-13/h4-5,8,14H,1-3,6-7,9H2. The minimum atomic E-state index is 0.106. The van der Waals surface area contributed by atoms with Gasteiger partial charge in [-0.1, -0.05) is 0 Å². The summed E-state index contributed by atoms with van der Waals surface area (Å²) in [7, 11) is 0. The van der Waals surface area contributed by atoms with Gasteiger partial charge in [0.1, 0.15) is 0 Å². The van der Waals surface area contributed by atoms with E-state index < -0.39 is 0 Å². The lowest BCUT2D eigenvalue weighted by molar-refractivity contribution is 0.281. The molecule has 0 aliphatic carbocycles. The molecule has 0 aromatic carbocycles. The lowest BCUT2D eigenvalue weighted by Crippen LogP contribution is -2.30. The molecule has 1 saturated heterocycles. The van der Waals surface area contributed by atoms with Crippen LogP contribution in [0, 0.1) is 0 Å². The molecule has 0 amide bonds. The average molecular weight is 192 g/mol. The van der Waals surface area contributed by atoms with Crippen molar-refractivity contribution in [2.75, 3.05) is 18.0 Å². The molecule has 1 aliphatic heterocycles. The molecular weight excluding hydrogens is 176 g/mol. The summed E-state index contributed by atoms with van der Waals surface area (Å²) in [5, 5.41) is 9.19. The number of hydrogen-bond acceptors (Lipinski definition) is 3. The number of aliphatic hydroxyl groups is 1. The van der Waals surface area contributed by atoms with Gasteiger partial charge in [0.15, 0.2) is 0 Å². The number of aromatic nitrogens is 1. The normalized spacial score (nSPS) is 17.1. The van der Waals surface area contributed by atoms with Crippen LogP contribution in [-0.4, -0.2) is 23.2 Å². The number of nitrogens with zero attached hydrogens (tertiary/aromatic N) is 2. The summed E-state index contributed by atoms with van der Waals surface area (Å²) in [4.78, 5) is 6.44. The van der Waals surface area contributed by atoms with Crippen LogP contribution in [-0.2, 0) is 6.61 Å². The quantitative estimate of drug-likeness (QED) is 0.772. The van der Waals surface area contributed by atoms with E-state index in [0.29, 0.717) is 0 Å². The van der Waals surface area contributed by atoms with Gasteiger partial charge in [-0.25, -0.2) is 0 Å². The molecule has 3 heteroatoms. The van der Waals surface area contributed by atoms with Crippen LogP contribution in [0.1, 0.15) is 24.8 Å². The van der Waals surface area contributed by atoms with E-state index >= 15 is 0 Å². The van der Waals surface area contributed by atoms with E-state index in [9.17, 15) is 5.11 Å². The van der Waals surface area contributed by atoms with E-state index in [2.05, 4.69) is 9.88 Å². The van der Waals surface area contributed by atoms with Gasteiger partial charge in [0, 0.05) is 24.8 Å². The van der Waals surface area contributed by atoms with Gasteiger partial charge in [-0.15, -0.1) is 0 Å². The van der Waals surface area contributed by atoms with Crippen molar-refractivity contribution in [2.45, 2.75) is 25.9 Å². The zero-order chi connectivity index (χ0) is 9.80. The van der Waals surface area contributed by atoms with Crippen molar-refractivity contribution in [3.05, 3.63) is 24.0 Å². The third-order valence-corrected chi connectivity index (χ3v) is 2.75. The summed E-state index contributed by atoms with van der Waals surface area (Å²) < 4.78 is 0. The smallest absolute Gasteiger partial charge is 0.0703 e. The Bertz CT molecular complexity index is 295. The van der Waals surface area contributed by atoms with Gasteiger partial charge in [0.05, 0.1) is 18.5 Å². The topological polar surface area (TPSA) is 36.4 Å². The maximum absolute atomic E-state index is 9.19. The van der Waals surface area contributed by atoms with Crippen LogP contribution in [0.5, 0.6) is 0 Å². The Balaban J connectivity index is 2.20. The summed E-state index contributed by atoms with van der Waals surface area (Å²) in [6.07, 6.45) is 7.42. The molecular formula is C11H16N2O. The van der Waals surface area contributed by atoms with Crippen molar-refractivity contribution in [1.82, 2.24) is 4.98 Å². The first-order chi connectivity index (χ1) is 6.92. The molecule has 0 bridgehead atoms. The van der Waals surface area contributed by atoms with Gasteiger partial charge in [0.2, 0.25) is 0 Å². The van der Waals surface area contributed by atoms with Crippen LogP contribution in [0.4, 0.5) is 5.69 Å². The Labute approximate surface area is 84.4 Å².